The Bertz CT molecular complexity index is 855. The fraction of sp³-hybridized carbons (Fsp3) is 0.444. The van der Waals surface area contributed by atoms with Crippen molar-refractivity contribution in [2.45, 2.75) is 40.3 Å². The molecule has 2 N–H and O–H groups in total. The Kier molecular flexibility index (Phi) is 5.56. The highest BCUT2D eigenvalue weighted by Gasteiger charge is 2.25. The van der Waals surface area contributed by atoms with Gasteiger partial charge in [0.15, 0.2) is 5.69 Å². The third kappa shape index (κ3) is 4.04. The molecule has 7 nitrogen and oxygen atoms in total. The highest BCUT2D eigenvalue weighted by molar-refractivity contribution is 6.05. The number of amides is 2. The first-order valence-corrected chi connectivity index (χ1v) is 8.31. The van der Waals surface area contributed by atoms with Crippen molar-refractivity contribution in [2.75, 3.05) is 6.54 Å². The lowest BCUT2D eigenvalue weighted by molar-refractivity contribution is -0.119. The van der Waals surface area contributed by atoms with E-state index < -0.39 is 11.8 Å². The van der Waals surface area contributed by atoms with Crippen molar-refractivity contribution in [3.8, 4) is 0 Å². The van der Waals surface area contributed by atoms with Crippen LogP contribution in [0.1, 0.15) is 38.2 Å². The monoisotopic (exact) mass is 344 g/mol. The summed E-state index contributed by atoms with van der Waals surface area (Å²) < 4.78 is 1.32. The van der Waals surface area contributed by atoms with Crippen molar-refractivity contribution in [2.24, 2.45) is 11.7 Å². The van der Waals surface area contributed by atoms with Gasteiger partial charge in [0.2, 0.25) is 5.91 Å². The lowest BCUT2D eigenvalue weighted by atomic mass is 10.1. The Balaban J connectivity index is 2.66. The zero-order valence-corrected chi connectivity index (χ0v) is 15.0. The summed E-state index contributed by atoms with van der Waals surface area (Å²) in [6.07, 6.45) is 0. The molecule has 1 aromatic heterocycles. The fourth-order valence-corrected chi connectivity index (χ4v) is 2.66. The van der Waals surface area contributed by atoms with E-state index in [9.17, 15) is 14.4 Å². The van der Waals surface area contributed by atoms with Crippen LogP contribution in [-0.4, -0.2) is 39.1 Å². The van der Waals surface area contributed by atoms with Crippen LogP contribution in [0.25, 0.3) is 10.8 Å². The Morgan fingerprint density at radius 2 is 1.76 bits per heavy atom. The number of hydrogen-bond donors (Lipinski definition) is 1. The maximum absolute atomic E-state index is 13.0. The number of benzene rings is 1. The predicted octanol–water partition coefficient (Wildman–Crippen LogP) is 1.39. The van der Waals surface area contributed by atoms with Gasteiger partial charge in [-0.1, -0.05) is 32.0 Å². The van der Waals surface area contributed by atoms with E-state index in [1.165, 1.54) is 9.58 Å². The fourth-order valence-electron chi connectivity index (χ4n) is 2.66. The maximum atomic E-state index is 13.0. The molecule has 7 heteroatoms. The molecule has 0 aliphatic carbocycles. The molecule has 1 aromatic carbocycles. The lowest BCUT2D eigenvalue weighted by Crippen LogP contribution is -2.44. The second-order valence-electron chi connectivity index (χ2n) is 6.77. The molecule has 0 spiro atoms. The number of nitrogens with zero attached hydrogens (tertiary/aromatic N) is 3. The highest BCUT2D eigenvalue weighted by atomic mass is 16.2. The smallest absolute Gasteiger partial charge is 0.275 e. The molecule has 0 aliphatic rings. The number of carbonyl (C=O) groups excluding carboxylic acids is 2. The largest absolute Gasteiger partial charge is 0.368 e. The van der Waals surface area contributed by atoms with Gasteiger partial charge in [-0.25, -0.2) is 4.68 Å². The molecule has 0 saturated carbocycles. The summed E-state index contributed by atoms with van der Waals surface area (Å²) >= 11 is 0. The SMILES string of the molecule is CC(C)Cn1nc(C(=O)N(CC(N)=O)C(C)C)c2ccccc2c1=O. The minimum atomic E-state index is -0.596. The number of primary amides is 1. The number of carbonyl (C=O) groups is 2. The van der Waals surface area contributed by atoms with Gasteiger partial charge in [-0.05, 0) is 25.8 Å². The first-order valence-electron chi connectivity index (χ1n) is 8.31. The normalized spacial score (nSPS) is 11.3. The minimum Gasteiger partial charge on any atom is -0.368 e. The number of fused-ring (bicyclic) bond motifs is 1. The van der Waals surface area contributed by atoms with Crippen LogP contribution in [0.15, 0.2) is 29.1 Å². The lowest BCUT2D eigenvalue weighted by Gasteiger charge is -2.25. The van der Waals surface area contributed by atoms with E-state index in [0.29, 0.717) is 17.3 Å². The molecule has 0 fully saturated rings. The molecule has 0 saturated heterocycles. The van der Waals surface area contributed by atoms with E-state index in [2.05, 4.69) is 5.10 Å². The Labute approximate surface area is 146 Å². The third-order valence-electron chi connectivity index (χ3n) is 3.82. The maximum Gasteiger partial charge on any atom is 0.275 e. The van der Waals surface area contributed by atoms with Gasteiger partial charge in [-0.15, -0.1) is 0 Å². The molecule has 134 valence electrons. The van der Waals surface area contributed by atoms with Crippen LogP contribution in [0.2, 0.25) is 0 Å². The van der Waals surface area contributed by atoms with Crippen molar-refractivity contribution < 1.29 is 9.59 Å². The summed E-state index contributed by atoms with van der Waals surface area (Å²) in [7, 11) is 0. The molecule has 0 atom stereocenters. The second-order valence-corrected chi connectivity index (χ2v) is 6.77. The molecule has 1 heterocycles. The van der Waals surface area contributed by atoms with Gasteiger partial charge >= 0.3 is 0 Å². The molecule has 2 amide bonds. The number of rotatable bonds is 6. The third-order valence-corrected chi connectivity index (χ3v) is 3.82. The molecule has 0 unspecified atom stereocenters. The van der Waals surface area contributed by atoms with E-state index in [0.717, 1.165) is 0 Å². The summed E-state index contributed by atoms with van der Waals surface area (Å²) in [5.74, 6) is -0.814. The van der Waals surface area contributed by atoms with Crippen LogP contribution in [0.5, 0.6) is 0 Å². The predicted molar refractivity (Wildman–Crippen MR) is 96.2 cm³/mol. The topological polar surface area (TPSA) is 98.3 Å². The zero-order chi connectivity index (χ0) is 18.7. The van der Waals surface area contributed by atoms with Crippen LogP contribution >= 0.6 is 0 Å². The minimum absolute atomic E-state index is 0.158. The van der Waals surface area contributed by atoms with Crippen molar-refractivity contribution in [1.29, 1.82) is 0 Å². The summed E-state index contributed by atoms with van der Waals surface area (Å²) in [6, 6.07) is 6.65. The van der Waals surface area contributed by atoms with E-state index >= 15 is 0 Å². The first-order chi connectivity index (χ1) is 11.7. The van der Waals surface area contributed by atoms with Crippen LogP contribution in [0.3, 0.4) is 0 Å². The van der Waals surface area contributed by atoms with Gasteiger partial charge in [-0.3, -0.25) is 14.4 Å². The van der Waals surface area contributed by atoms with E-state index in [4.69, 9.17) is 5.73 Å². The van der Waals surface area contributed by atoms with Gasteiger partial charge in [0.25, 0.3) is 11.5 Å². The Morgan fingerprint density at radius 1 is 1.16 bits per heavy atom. The number of hydrogen-bond acceptors (Lipinski definition) is 4. The molecular formula is C18H24N4O3. The summed E-state index contributed by atoms with van der Waals surface area (Å²) in [6.45, 7) is 7.74. The second kappa shape index (κ2) is 7.46. The van der Waals surface area contributed by atoms with Gasteiger partial charge < -0.3 is 10.6 Å². The van der Waals surface area contributed by atoms with E-state index in [1.54, 1.807) is 38.1 Å². The van der Waals surface area contributed by atoms with Crippen molar-refractivity contribution in [1.82, 2.24) is 14.7 Å². The quantitative estimate of drug-likeness (QED) is 0.856. The van der Waals surface area contributed by atoms with E-state index in [1.807, 2.05) is 13.8 Å². The molecule has 2 aromatic rings. The van der Waals surface area contributed by atoms with Gasteiger partial charge in [0.1, 0.15) is 0 Å². The Morgan fingerprint density at radius 3 is 2.28 bits per heavy atom. The molecule has 25 heavy (non-hydrogen) atoms. The van der Waals surface area contributed by atoms with Gasteiger partial charge in [0.05, 0.1) is 11.9 Å². The first kappa shape index (κ1) is 18.6. The van der Waals surface area contributed by atoms with Crippen LogP contribution in [0, 0.1) is 5.92 Å². The van der Waals surface area contributed by atoms with Gasteiger partial charge in [0, 0.05) is 18.0 Å². The summed E-state index contributed by atoms with van der Waals surface area (Å²) in [5.41, 5.74) is 5.20. The van der Waals surface area contributed by atoms with Crippen LogP contribution < -0.4 is 11.3 Å². The van der Waals surface area contributed by atoms with Gasteiger partial charge in [-0.2, -0.15) is 5.10 Å². The molecule has 0 bridgehead atoms. The Hall–Kier alpha value is -2.70. The number of nitrogens with two attached hydrogens (primary N) is 1. The molecule has 0 radical (unpaired) electrons. The highest BCUT2D eigenvalue weighted by Crippen LogP contribution is 2.17. The zero-order valence-electron chi connectivity index (χ0n) is 15.0. The van der Waals surface area contributed by atoms with Crippen LogP contribution in [-0.2, 0) is 11.3 Å². The average molecular weight is 344 g/mol. The van der Waals surface area contributed by atoms with Crippen LogP contribution in [0.4, 0.5) is 0 Å². The number of aromatic nitrogens is 2. The van der Waals surface area contributed by atoms with Crippen molar-refractivity contribution in [3.63, 3.8) is 0 Å². The summed E-state index contributed by atoms with van der Waals surface area (Å²) in [4.78, 5) is 38.3. The van der Waals surface area contributed by atoms with E-state index in [-0.39, 0.29) is 29.8 Å². The molecule has 2 rings (SSSR count). The van der Waals surface area contributed by atoms with Crippen molar-refractivity contribution in [3.05, 3.63) is 40.3 Å². The summed E-state index contributed by atoms with van der Waals surface area (Å²) in [5, 5.41) is 5.23. The standard InChI is InChI=1S/C18H24N4O3/c1-11(2)9-22-17(24)14-8-6-5-7-13(14)16(20-22)18(25)21(12(3)4)10-15(19)23/h5-8,11-12H,9-10H2,1-4H3,(H2,19,23). The molecular weight excluding hydrogens is 320 g/mol. The molecule has 0 aliphatic heterocycles. The average Bonchev–Trinajstić information content (AvgIpc) is 2.54. The van der Waals surface area contributed by atoms with Crippen molar-refractivity contribution >= 4 is 22.6 Å².